The zero-order chi connectivity index (χ0) is 19.5. The molecule has 0 fully saturated rings. The molecular formula is C23H24ClNO4. The first-order valence-electron chi connectivity index (χ1n) is 9.34. The number of hydrogen-bond acceptors (Lipinski definition) is 5. The number of hydrogen-bond donors (Lipinski definition) is 3. The lowest BCUT2D eigenvalue weighted by molar-refractivity contribution is -0.0421. The van der Waals surface area contributed by atoms with Gasteiger partial charge in [-0.1, -0.05) is 54.6 Å². The number of benzene rings is 3. The molecule has 3 aromatic rings. The fraction of sp³-hybridized carbons (Fsp3) is 0.217. The Morgan fingerprint density at radius 2 is 1.69 bits per heavy atom. The van der Waals surface area contributed by atoms with Crippen LogP contribution in [0.25, 0.3) is 11.1 Å². The monoisotopic (exact) mass is 413 g/mol. The predicted molar refractivity (Wildman–Crippen MR) is 115 cm³/mol. The summed E-state index contributed by atoms with van der Waals surface area (Å²) in [6.07, 6.45) is -0.176. The van der Waals surface area contributed by atoms with E-state index < -0.39 is 0 Å². The number of nitrogens with two attached hydrogens (primary N) is 1. The van der Waals surface area contributed by atoms with Gasteiger partial charge in [-0.2, -0.15) is 0 Å². The van der Waals surface area contributed by atoms with Gasteiger partial charge in [0.2, 0.25) is 0 Å². The van der Waals surface area contributed by atoms with Crippen molar-refractivity contribution in [3.05, 3.63) is 77.9 Å². The summed E-state index contributed by atoms with van der Waals surface area (Å²) in [5.74, 6) is 0.534. The SMILES string of the molecule is Cl.NC[C@@H]1O[C@H](COc2ccccc2-c2ccccc2)Cc2c1ccc(O)c2O. The van der Waals surface area contributed by atoms with Crippen LogP contribution >= 0.6 is 12.4 Å². The standard InChI is InChI=1S/C23H23NO4.ClH/c24-13-22-18-10-11-20(25)23(26)19(18)12-16(28-22)14-27-21-9-5-4-8-17(21)15-6-2-1-3-7-15;/h1-11,16,22,25-26H,12-14,24H2;1H/t16-,22-;/m0./s1. The molecule has 152 valence electrons. The highest BCUT2D eigenvalue weighted by Crippen LogP contribution is 2.40. The summed E-state index contributed by atoms with van der Waals surface area (Å²) in [4.78, 5) is 0. The zero-order valence-electron chi connectivity index (χ0n) is 15.8. The summed E-state index contributed by atoms with van der Waals surface area (Å²) in [5.41, 5.74) is 9.45. The minimum Gasteiger partial charge on any atom is -0.504 e. The van der Waals surface area contributed by atoms with Crippen molar-refractivity contribution < 1.29 is 19.7 Å². The number of halogens is 1. The summed E-state index contributed by atoms with van der Waals surface area (Å²) in [5, 5.41) is 20.1. The first kappa shape index (κ1) is 21.0. The highest BCUT2D eigenvalue weighted by molar-refractivity contribution is 5.85. The maximum atomic E-state index is 10.3. The minimum atomic E-state index is -0.340. The molecular weight excluding hydrogens is 390 g/mol. The Labute approximate surface area is 176 Å². The molecule has 0 spiro atoms. The first-order chi connectivity index (χ1) is 13.7. The fourth-order valence-electron chi connectivity index (χ4n) is 3.65. The minimum absolute atomic E-state index is 0. The van der Waals surface area contributed by atoms with E-state index in [0.29, 0.717) is 18.6 Å². The Kier molecular flexibility index (Phi) is 6.64. The average molecular weight is 414 g/mol. The van der Waals surface area contributed by atoms with Gasteiger partial charge in [0, 0.05) is 24.1 Å². The van der Waals surface area contributed by atoms with Crippen molar-refractivity contribution in [2.45, 2.75) is 18.6 Å². The molecule has 4 rings (SSSR count). The Hall–Kier alpha value is -2.73. The second-order valence-corrected chi connectivity index (χ2v) is 6.86. The molecule has 0 aromatic heterocycles. The summed E-state index contributed by atoms with van der Waals surface area (Å²) < 4.78 is 12.2. The molecule has 0 amide bonds. The Morgan fingerprint density at radius 1 is 0.966 bits per heavy atom. The van der Waals surface area contributed by atoms with Crippen LogP contribution < -0.4 is 10.5 Å². The van der Waals surface area contributed by atoms with E-state index in [1.54, 1.807) is 6.07 Å². The lowest BCUT2D eigenvalue weighted by atomic mass is 9.93. The van der Waals surface area contributed by atoms with Crippen molar-refractivity contribution in [2.24, 2.45) is 5.73 Å². The molecule has 5 nitrogen and oxygen atoms in total. The normalized spacial score (nSPS) is 17.8. The fourth-order valence-corrected chi connectivity index (χ4v) is 3.65. The van der Waals surface area contributed by atoms with Crippen LogP contribution in [0.3, 0.4) is 0 Å². The molecule has 29 heavy (non-hydrogen) atoms. The second kappa shape index (κ2) is 9.18. The summed E-state index contributed by atoms with van der Waals surface area (Å²) in [6.45, 7) is 0.600. The maximum Gasteiger partial charge on any atom is 0.161 e. The molecule has 0 saturated carbocycles. The molecule has 1 heterocycles. The third-order valence-electron chi connectivity index (χ3n) is 5.04. The second-order valence-electron chi connectivity index (χ2n) is 6.86. The van der Waals surface area contributed by atoms with Gasteiger partial charge in [-0.15, -0.1) is 12.4 Å². The van der Waals surface area contributed by atoms with Gasteiger partial charge in [0.1, 0.15) is 12.4 Å². The van der Waals surface area contributed by atoms with Crippen molar-refractivity contribution in [2.75, 3.05) is 13.2 Å². The van der Waals surface area contributed by atoms with Gasteiger partial charge < -0.3 is 25.4 Å². The van der Waals surface area contributed by atoms with Crippen LogP contribution in [0, 0.1) is 0 Å². The number of para-hydroxylation sites is 1. The number of rotatable bonds is 5. The van der Waals surface area contributed by atoms with Gasteiger partial charge in [0.25, 0.3) is 0 Å². The summed E-state index contributed by atoms with van der Waals surface area (Å²) in [6, 6.07) is 21.1. The first-order valence-corrected chi connectivity index (χ1v) is 9.34. The number of phenols is 2. The maximum absolute atomic E-state index is 10.3. The van der Waals surface area contributed by atoms with Crippen LogP contribution in [0.15, 0.2) is 66.7 Å². The van der Waals surface area contributed by atoms with Crippen molar-refractivity contribution in [3.8, 4) is 28.4 Å². The van der Waals surface area contributed by atoms with Crippen molar-refractivity contribution >= 4 is 12.4 Å². The molecule has 0 radical (unpaired) electrons. The molecule has 6 heteroatoms. The number of ether oxygens (including phenoxy) is 2. The number of phenolic OH excluding ortho intramolecular Hbond substituents is 2. The Morgan fingerprint density at radius 3 is 2.45 bits per heavy atom. The molecule has 0 aliphatic carbocycles. The van der Waals surface area contributed by atoms with Crippen LogP contribution in [-0.4, -0.2) is 29.5 Å². The summed E-state index contributed by atoms with van der Waals surface area (Å²) >= 11 is 0. The molecule has 3 aromatic carbocycles. The molecule has 1 aliphatic heterocycles. The Balaban J connectivity index is 0.00000240. The predicted octanol–water partition coefficient (Wildman–Crippen LogP) is 4.21. The van der Waals surface area contributed by atoms with E-state index >= 15 is 0 Å². The van der Waals surface area contributed by atoms with Gasteiger partial charge in [0.05, 0.1) is 12.2 Å². The van der Waals surface area contributed by atoms with Crippen molar-refractivity contribution in [3.63, 3.8) is 0 Å². The summed E-state index contributed by atoms with van der Waals surface area (Å²) in [7, 11) is 0. The van der Waals surface area contributed by atoms with Gasteiger partial charge in [0.15, 0.2) is 11.5 Å². The lowest BCUT2D eigenvalue weighted by Crippen LogP contribution is -2.34. The number of fused-ring (bicyclic) bond motifs is 1. The molecule has 0 unspecified atom stereocenters. The van der Waals surface area contributed by atoms with E-state index in [1.807, 2.05) is 54.6 Å². The van der Waals surface area contributed by atoms with E-state index in [4.69, 9.17) is 15.2 Å². The van der Waals surface area contributed by atoms with Gasteiger partial charge in [-0.05, 0) is 23.3 Å². The van der Waals surface area contributed by atoms with Crippen LogP contribution in [0.2, 0.25) is 0 Å². The van der Waals surface area contributed by atoms with Gasteiger partial charge in [-0.25, -0.2) is 0 Å². The zero-order valence-corrected chi connectivity index (χ0v) is 16.6. The van der Waals surface area contributed by atoms with Gasteiger partial charge >= 0.3 is 0 Å². The van der Waals surface area contributed by atoms with E-state index in [0.717, 1.165) is 22.4 Å². The molecule has 0 bridgehead atoms. The van der Waals surface area contributed by atoms with E-state index in [2.05, 4.69) is 0 Å². The van der Waals surface area contributed by atoms with Crippen molar-refractivity contribution in [1.82, 2.24) is 0 Å². The average Bonchev–Trinajstić information content (AvgIpc) is 2.75. The molecule has 2 atom stereocenters. The highest BCUT2D eigenvalue weighted by atomic mass is 35.5. The highest BCUT2D eigenvalue weighted by Gasteiger charge is 2.30. The topological polar surface area (TPSA) is 84.9 Å². The Bertz CT molecular complexity index is 964. The van der Waals surface area contributed by atoms with Crippen molar-refractivity contribution in [1.29, 1.82) is 0 Å². The van der Waals surface area contributed by atoms with Crippen LogP contribution in [-0.2, 0) is 11.2 Å². The largest absolute Gasteiger partial charge is 0.504 e. The smallest absolute Gasteiger partial charge is 0.161 e. The van der Waals surface area contributed by atoms with E-state index in [1.165, 1.54) is 6.07 Å². The van der Waals surface area contributed by atoms with Crippen LogP contribution in [0.4, 0.5) is 0 Å². The molecule has 0 saturated heterocycles. The van der Waals surface area contributed by atoms with Gasteiger partial charge in [-0.3, -0.25) is 0 Å². The van der Waals surface area contributed by atoms with Crippen LogP contribution in [0.1, 0.15) is 17.2 Å². The molecule has 1 aliphatic rings. The quantitative estimate of drug-likeness (QED) is 0.546. The number of aromatic hydroxyl groups is 2. The third kappa shape index (κ3) is 4.32. The lowest BCUT2D eigenvalue weighted by Gasteiger charge is -2.32. The third-order valence-corrected chi connectivity index (χ3v) is 5.04. The van der Waals surface area contributed by atoms with E-state index in [-0.39, 0.29) is 42.7 Å². The van der Waals surface area contributed by atoms with Crippen LogP contribution in [0.5, 0.6) is 17.2 Å². The van der Waals surface area contributed by atoms with E-state index in [9.17, 15) is 10.2 Å². The molecule has 4 N–H and O–H groups in total.